The van der Waals surface area contributed by atoms with Crippen molar-refractivity contribution < 1.29 is 22.8 Å². The number of nitro benzene ring substituents is 1. The van der Waals surface area contributed by atoms with Gasteiger partial charge in [0, 0.05) is 30.9 Å². The lowest BCUT2D eigenvalue weighted by atomic mass is 10.1. The van der Waals surface area contributed by atoms with E-state index in [1.165, 1.54) is 17.4 Å². The summed E-state index contributed by atoms with van der Waals surface area (Å²) >= 11 is 1.49. The lowest BCUT2D eigenvalue weighted by Gasteiger charge is -2.39. The van der Waals surface area contributed by atoms with Crippen molar-refractivity contribution in [3.8, 4) is 0 Å². The van der Waals surface area contributed by atoms with Crippen molar-refractivity contribution in [1.29, 1.82) is 0 Å². The van der Waals surface area contributed by atoms with Crippen LogP contribution in [0, 0.1) is 10.1 Å². The van der Waals surface area contributed by atoms with E-state index in [0.29, 0.717) is 6.07 Å². The van der Waals surface area contributed by atoms with Gasteiger partial charge in [-0.2, -0.15) is 24.5 Å². The molecule has 5 nitrogen and oxygen atoms in total. The fourth-order valence-corrected chi connectivity index (χ4v) is 3.63. The molecule has 3 rings (SSSR count). The first-order valence-electron chi connectivity index (χ1n) is 7.54. The molecule has 0 spiro atoms. The van der Waals surface area contributed by atoms with Crippen LogP contribution in [0.4, 0.5) is 24.5 Å². The maximum Gasteiger partial charge on any atom is 0.418 e. The Labute approximate surface area is 145 Å². The third-order valence-electron chi connectivity index (χ3n) is 4.01. The van der Waals surface area contributed by atoms with Crippen molar-refractivity contribution in [2.75, 3.05) is 18.0 Å². The fourth-order valence-electron chi connectivity index (χ4n) is 2.93. The number of anilines is 1. The number of hydrogen-bond acceptors (Lipinski definition) is 5. The van der Waals surface area contributed by atoms with Crippen molar-refractivity contribution in [2.24, 2.45) is 0 Å². The number of rotatable bonds is 3. The Hall–Kier alpha value is -2.13. The van der Waals surface area contributed by atoms with E-state index in [9.17, 15) is 23.3 Å². The molecule has 1 aliphatic heterocycles. The zero-order valence-electron chi connectivity index (χ0n) is 13.2. The van der Waals surface area contributed by atoms with Crippen LogP contribution in [-0.4, -0.2) is 24.1 Å². The number of alkyl halides is 3. The quantitative estimate of drug-likeness (QED) is 0.582. The van der Waals surface area contributed by atoms with Crippen molar-refractivity contribution in [3.05, 3.63) is 56.3 Å². The van der Waals surface area contributed by atoms with Crippen molar-refractivity contribution >= 4 is 22.7 Å². The molecule has 2 unspecified atom stereocenters. The number of halogens is 3. The maximum absolute atomic E-state index is 13.4. The molecule has 1 aromatic carbocycles. The molecule has 9 heteroatoms. The van der Waals surface area contributed by atoms with Gasteiger partial charge in [-0.05, 0) is 35.4 Å². The predicted octanol–water partition coefficient (Wildman–Crippen LogP) is 4.64. The number of nitro groups is 1. The molecule has 2 heterocycles. The average Bonchev–Trinajstić information content (AvgIpc) is 3.07. The van der Waals surface area contributed by atoms with Crippen LogP contribution in [0.15, 0.2) is 35.0 Å². The standard InChI is InChI=1S/C16H15F3N2O3S/c1-10-7-20(8-15(24-10)11-4-5-25-9-11)14-3-2-12(21(22)23)6-13(14)16(17,18)19/h2-6,9-10,15H,7-8H2,1H3. The van der Waals surface area contributed by atoms with Crippen molar-refractivity contribution in [2.45, 2.75) is 25.3 Å². The summed E-state index contributed by atoms with van der Waals surface area (Å²) in [4.78, 5) is 11.6. The van der Waals surface area contributed by atoms with Gasteiger partial charge in [-0.15, -0.1) is 0 Å². The van der Waals surface area contributed by atoms with Crippen LogP contribution in [0.2, 0.25) is 0 Å². The van der Waals surface area contributed by atoms with Gasteiger partial charge in [0.2, 0.25) is 0 Å². The molecule has 1 saturated heterocycles. The minimum atomic E-state index is -4.68. The van der Waals surface area contributed by atoms with E-state index in [1.54, 1.807) is 11.8 Å². The molecular weight excluding hydrogens is 357 g/mol. The Morgan fingerprint density at radius 3 is 2.68 bits per heavy atom. The number of non-ortho nitro benzene ring substituents is 1. The van der Waals surface area contributed by atoms with Gasteiger partial charge >= 0.3 is 6.18 Å². The van der Waals surface area contributed by atoms with Crippen LogP contribution < -0.4 is 4.90 Å². The van der Waals surface area contributed by atoms with Crippen LogP contribution in [0.25, 0.3) is 0 Å². The minimum Gasteiger partial charge on any atom is -0.367 e. The Balaban J connectivity index is 1.98. The summed E-state index contributed by atoms with van der Waals surface area (Å²) in [5.74, 6) is 0. The number of thiophene rings is 1. The highest BCUT2D eigenvalue weighted by Gasteiger charge is 2.38. The van der Waals surface area contributed by atoms with E-state index in [4.69, 9.17) is 4.74 Å². The molecular formula is C16H15F3N2O3S. The van der Waals surface area contributed by atoms with Gasteiger partial charge in [0.1, 0.15) is 6.10 Å². The van der Waals surface area contributed by atoms with Crippen LogP contribution >= 0.6 is 11.3 Å². The number of hydrogen-bond donors (Lipinski definition) is 0. The van der Waals surface area contributed by atoms with E-state index >= 15 is 0 Å². The summed E-state index contributed by atoms with van der Waals surface area (Å²) in [5, 5.41) is 14.6. The summed E-state index contributed by atoms with van der Waals surface area (Å²) in [5.41, 5.74) is -0.725. The zero-order chi connectivity index (χ0) is 18.2. The summed E-state index contributed by atoms with van der Waals surface area (Å²) in [6.07, 6.45) is -5.29. The molecule has 1 aliphatic rings. The topological polar surface area (TPSA) is 55.6 Å². The highest BCUT2D eigenvalue weighted by Crippen LogP contribution is 2.40. The second kappa shape index (κ2) is 6.64. The molecule has 1 aromatic heterocycles. The second-order valence-electron chi connectivity index (χ2n) is 5.85. The monoisotopic (exact) mass is 372 g/mol. The normalized spacial score (nSPS) is 21.4. The number of morpholine rings is 1. The largest absolute Gasteiger partial charge is 0.418 e. The van der Waals surface area contributed by atoms with Crippen LogP contribution in [0.3, 0.4) is 0 Å². The summed E-state index contributed by atoms with van der Waals surface area (Å²) in [7, 11) is 0. The smallest absolute Gasteiger partial charge is 0.367 e. The predicted molar refractivity (Wildman–Crippen MR) is 87.9 cm³/mol. The number of nitrogens with zero attached hydrogens (tertiary/aromatic N) is 2. The summed E-state index contributed by atoms with van der Waals surface area (Å²) < 4.78 is 46.2. The Morgan fingerprint density at radius 1 is 1.32 bits per heavy atom. The Bertz CT molecular complexity index is 764. The molecule has 25 heavy (non-hydrogen) atoms. The highest BCUT2D eigenvalue weighted by atomic mass is 32.1. The molecule has 0 radical (unpaired) electrons. The number of benzene rings is 1. The number of ether oxygens (including phenoxy) is 1. The third kappa shape index (κ3) is 3.77. The lowest BCUT2D eigenvalue weighted by molar-refractivity contribution is -0.385. The Morgan fingerprint density at radius 2 is 2.08 bits per heavy atom. The maximum atomic E-state index is 13.4. The molecule has 1 fully saturated rings. The highest BCUT2D eigenvalue weighted by molar-refractivity contribution is 7.07. The summed E-state index contributed by atoms with van der Waals surface area (Å²) in [6.45, 7) is 2.33. The van der Waals surface area contributed by atoms with E-state index in [0.717, 1.165) is 11.6 Å². The molecule has 0 saturated carbocycles. The second-order valence-corrected chi connectivity index (χ2v) is 6.63. The minimum absolute atomic E-state index is 0.0616. The zero-order valence-corrected chi connectivity index (χ0v) is 14.0. The van der Waals surface area contributed by atoms with Crippen molar-refractivity contribution in [1.82, 2.24) is 0 Å². The van der Waals surface area contributed by atoms with E-state index in [-0.39, 0.29) is 31.0 Å². The van der Waals surface area contributed by atoms with Gasteiger partial charge in [-0.25, -0.2) is 0 Å². The molecule has 0 aliphatic carbocycles. The van der Waals surface area contributed by atoms with Crippen molar-refractivity contribution in [3.63, 3.8) is 0 Å². The lowest BCUT2D eigenvalue weighted by Crippen LogP contribution is -2.43. The third-order valence-corrected chi connectivity index (χ3v) is 4.71. The van der Waals surface area contributed by atoms with Crippen LogP contribution in [-0.2, 0) is 10.9 Å². The van der Waals surface area contributed by atoms with Gasteiger partial charge in [-0.1, -0.05) is 0 Å². The first-order valence-corrected chi connectivity index (χ1v) is 8.48. The van der Waals surface area contributed by atoms with Gasteiger partial charge < -0.3 is 9.64 Å². The van der Waals surface area contributed by atoms with E-state index in [1.807, 2.05) is 16.8 Å². The summed E-state index contributed by atoms with van der Waals surface area (Å²) in [6, 6.07) is 4.75. The molecule has 0 N–H and O–H groups in total. The first-order chi connectivity index (χ1) is 11.8. The van der Waals surface area contributed by atoms with Crippen LogP contribution in [0.5, 0.6) is 0 Å². The van der Waals surface area contributed by atoms with E-state index in [2.05, 4.69) is 0 Å². The van der Waals surface area contributed by atoms with Gasteiger partial charge in [0.05, 0.1) is 16.6 Å². The van der Waals surface area contributed by atoms with E-state index < -0.39 is 22.4 Å². The van der Waals surface area contributed by atoms with Crippen LogP contribution in [0.1, 0.15) is 24.2 Å². The molecule has 0 amide bonds. The Kier molecular flexibility index (Phi) is 4.70. The SMILES string of the molecule is CC1CN(c2ccc([N+](=O)[O-])cc2C(F)(F)F)CC(c2ccsc2)O1. The average molecular weight is 372 g/mol. The molecule has 2 aromatic rings. The van der Waals surface area contributed by atoms with Gasteiger partial charge in [0.15, 0.2) is 0 Å². The van der Waals surface area contributed by atoms with Gasteiger partial charge in [-0.3, -0.25) is 10.1 Å². The van der Waals surface area contributed by atoms with Gasteiger partial charge in [0.25, 0.3) is 5.69 Å². The molecule has 134 valence electrons. The molecule has 2 atom stereocenters. The fraction of sp³-hybridized carbons (Fsp3) is 0.375. The first kappa shape index (κ1) is 17.7. The molecule has 0 bridgehead atoms.